The summed E-state index contributed by atoms with van der Waals surface area (Å²) in [6, 6.07) is 5.53. The van der Waals surface area contributed by atoms with E-state index < -0.39 is 10.9 Å². The first kappa shape index (κ1) is 19.0. The number of morpholine rings is 1. The molecule has 0 N–H and O–H groups in total. The molecule has 0 atom stereocenters. The van der Waals surface area contributed by atoms with Crippen LogP contribution in [-0.4, -0.2) is 46.6 Å². The highest BCUT2D eigenvalue weighted by Gasteiger charge is 2.24. The van der Waals surface area contributed by atoms with E-state index in [4.69, 9.17) is 9.47 Å². The fraction of sp³-hybridized carbons (Fsp3) is 0.278. The van der Waals surface area contributed by atoms with Gasteiger partial charge >= 0.3 is 5.97 Å². The van der Waals surface area contributed by atoms with Crippen molar-refractivity contribution in [3.8, 4) is 0 Å². The molecule has 10 nitrogen and oxygen atoms in total. The molecule has 1 aromatic carbocycles. The van der Waals surface area contributed by atoms with Gasteiger partial charge in [-0.05, 0) is 12.1 Å². The van der Waals surface area contributed by atoms with Crippen molar-refractivity contribution in [3.63, 3.8) is 0 Å². The lowest BCUT2D eigenvalue weighted by molar-refractivity contribution is -0.384. The average Bonchev–Trinajstić information content (AvgIpc) is 3.21. The van der Waals surface area contributed by atoms with Gasteiger partial charge in [0.1, 0.15) is 12.3 Å². The minimum absolute atomic E-state index is 0.0580. The summed E-state index contributed by atoms with van der Waals surface area (Å²) >= 11 is 1.29. The minimum Gasteiger partial charge on any atom is -0.456 e. The van der Waals surface area contributed by atoms with Crippen LogP contribution in [0.5, 0.6) is 0 Å². The topological polar surface area (TPSA) is 116 Å². The van der Waals surface area contributed by atoms with Crippen molar-refractivity contribution in [2.45, 2.75) is 6.61 Å². The first-order valence-corrected chi connectivity index (χ1v) is 9.65. The van der Waals surface area contributed by atoms with E-state index in [1.165, 1.54) is 33.9 Å². The van der Waals surface area contributed by atoms with E-state index in [1.54, 1.807) is 17.6 Å². The number of ether oxygens (including phenoxy) is 2. The molecule has 2 aromatic heterocycles. The first-order valence-electron chi connectivity index (χ1n) is 8.77. The Morgan fingerprint density at radius 2 is 2.10 bits per heavy atom. The predicted octanol–water partition coefficient (Wildman–Crippen LogP) is 1.86. The summed E-state index contributed by atoms with van der Waals surface area (Å²) in [5, 5.41) is 13.2. The average molecular weight is 416 g/mol. The zero-order valence-electron chi connectivity index (χ0n) is 15.1. The Bertz CT molecular complexity index is 1130. The number of hydrogen-bond donors (Lipinski definition) is 0. The number of hydrogen-bond acceptors (Lipinski definition) is 9. The van der Waals surface area contributed by atoms with Gasteiger partial charge in [-0.25, -0.2) is 9.78 Å². The van der Waals surface area contributed by atoms with Crippen LogP contribution in [0.15, 0.2) is 40.6 Å². The number of carbonyl (C=O) groups is 1. The number of thiazole rings is 1. The van der Waals surface area contributed by atoms with E-state index in [1.807, 2.05) is 4.90 Å². The molecule has 1 saturated heterocycles. The van der Waals surface area contributed by atoms with Crippen molar-refractivity contribution < 1.29 is 19.2 Å². The van der Waals surface area contributed by atoms with Crippen LogP contribution in [-0.2, 0) is 16.1 Å². The number of fused-ring (bicyclic) bond motifs is 1. The normalized spacial score (nSPS) is 14.1. The number of nitro benzene ring substituents is 1. The Balaban J connectivity index is 1.52. The van der Waals surface area contributed by atoms with Crippen molar-refractivity contribution in [1.82, 2.24) is 9.38 Å². The molecule has 0 radical (unpaired) electrons. The van der Waals surface area contributed by atoms with E-state index in [0.717, 1.165) is 0 Å². The summed E-state index contributed by atoms with van der Waals surface area (Å²) in [4.78, 5) is 42.0. The third-order valence-electron chi connectivity index (χ3n) is 4.47. The quantitative estimate of drug-likeness (QED) is 0.351. The third kappa shape index (κ3) is 3.96. The lowest BCUT2D eigenvalue weighted by atomic mass is 10.1. The molecule has 0 saturated carbocycles. The largest absolute Gasteiger partial charge is 0.456 e. The summed E-state index contributed by atoms with van der Waals surface area (Å²) in [5.41, 5.74) is 0.367. The van der Waals surface area contributed by atoms with Crippen LogP contribution < -0.4 is 10.5 Å². The van der Waals surface area contributed by atoms with Crippen LogP contribution in [0.3, 0.4) is 0 Å². The SMILES string of the molecule is O=C(OCc1cc(=O)n2ccsc2n1)c1ccc(N2CCOCC2)c([N+](=O)[O-])c1. The molecule has 1 aliphatic rings. The molecule has 0 amide bonds. The van der Waals surface area contributed by atoms with E-state index in [-0.39, 0.29) is 23.4 Å². The van der Waals surface area contributed by atoms with Crippen LogP contribution in [0.2, 0.25) is 0 Å². The Labute approximate surface area is 168 Å². The molecule has 0 unspecified atom stereocenters. The molecule has 0 spiro atoms. The number of carbonyl (C=O) groups excluding carboxylic acids is 1. The van der Waals surface area contributed by atoms with E-state index in [2.05, 4.69) is 4.98 Å². The van der Waals surface area contributed by atoms with Gasteiger partial charge in [0.2, 0.25) is 0 Å². The number of aromatic nitrogens is 2. The molecule has 1 fully saturated rings. The van der Waals surface area contributed by atoms with Crippen LogP contribution in [0.4, 0.5) is 11.4 Å². The summed E-state index contributed by atoms with van der Waals surface area (Å²) in [6.07, 6.45) is 1.61. The Hall–Kier alpha value is -3.31. The maximum Gasteiger partial charge on any atom is 0.338 e. The molecule has 1 aliphatic heterocycles. The highest BCUT2D eigenvalue weighted by molar-refractivity contribution is 7.15. The number of esters is 1. The zero-order chi connectivity index (χ0) is 20.4. The molecular formula is C18H16N4O6S. The highest BCUT2D eigenvalue weighted by atomic mass is 32.1. The minimum atomic E-state index is -0.727. The fourth-order valence-electron chi connectivity index (χ4n) is 3.05. The lowest BCUT2D eigenvalue weighted by Crippen LogP contribution is -2.36. The van der Waals surface area contributed by atoms with Crippen LogP contribution in [0.25, 0.3) is 4.96 Å². The van der Waals surface area contributed by atoms with E-state index in [9.17, 15) is 19.7 Å². The molecule has 4 rings (SSSR count). The smallest absolute Gasteiger partial charge is 0.338 e. The second kappa shape index (κ2) is 7.97. The number of nitro groups is 1. The summed E-state index contributed by atoms with van der Waals surface area (Å²) < 4.78 is 11.9. The van der Waals surface area contributed by atoms with Gasteiger partial charge in [0.25, 0.3) is 11.2 Å². The van der Waals surface area contributed by atoms with Gasteiger partial charge in [-0.15, -0.1) is 11.3 Å². The van der Waals surface area contributed by atoms with Crippen molar-refractivity contribution in [2.75, 3.05) is 31.2 Å². The molecule has 0 bridgehead atoms. The van der Waals surface area contributed by atoms with Crippen LogP contribution in [0.1, 0.15) is 16.1 Å². The Morgan fingerprint density at radius 3 is 2.86 bits per heavy atom. The number of nitrogens with zero attached hydrogens (tertiary/aromatic N) is 4. The van der Waals surface area contributed by atoms with Crippen LogP contribution in [0, 0.1) is 10.1 Å². The van der Waals surface area contributed by atoms with Crippen molar-refractivity contribution >= 4 is 33.6 Å². The molecule has 29 heavy (non-hydrogen) atoms. The van der Waals surface area contributed by atoms with Crippen molar-refractivity contribution in [2.24, 2.45) is 0 Å². The monoisotopic (exact) mass is 416 g/mol. The second-order valence-corrected chi connectivity index (χ2v) is 7.15. The first-order chi connectivity index (χ1) is 14.0. The number of benzene rings is 1. The van der Waals surface area contributed by atoms with Crippen molar-refractivity contribution in [1.29, 1.82) is 0 Å². The van der Waals surface area contributed by atoms with Gasteiger partial charge in [0, 0.05) is 36.8 Å². The Morgan fingerprint density at radius 1 is 1.31 bits per heavy atom. The molecule has 3 heterocycles. The maximum atomic E-state index is 12.4. The maximum absolute atomic E-state index is 12.4. The molecule has 11 heteroatoms. The summed E-state index contributed by atoms with van der Waals surface area (Å²) in [6.45, 7) is 1.85. The fourth-order valence-corrected chi connectivity index (χ4v) is 3.79. The molecule has 0 aliphatic carbocycles. The highest BCUT2D eigenvalue weighted by Crippen LogP contribution is 2.30. The van der Waals surface area contributed by atoms with Gasteiger partial charge in [-0.3, -0.25) is 19.3 Å². The van der Waals surface area contributed by atoms with E-state index in [0.29, 0.717) is 42.6 Å². The lowest BCUT2D eigenvalue weighted by Gasteiger charge is -2.28. The van der Waals surface area contributed by atoms with Gasteiger partial charge in [-0.1, -0.05) is 0 Å². The predicted molar refractivity (Wildman–Crippen MR) is 105 cm³/mol. The van der Waals surface area contributed by atoms with E-state index >= 15 is 0 Å². The van der Waals surface area contributed by atoms with Crippen LogP contribution >= 0.6 is 11.3 Å². The summed E-state index contributed by atoms with van der Waals surface area (Å²) in [5.74, 6) is -0.727. The van der Waals surface area contributed by atoms with Gasteiger partial charge in [-0.2, -0.15) is 0 Å². The van der Waals surface area contributed by atoms with Gasteiger partial charge < -0.3 is 14.4 Å². The number of anilines is 1. The molecular weight excluding hydrogens is 400 g/mol. The number of rotatable bonds is 5. The summed E-state index contributed by atoms with van der Waals surface area (Å²) in [7, 11) is 0. The molecule has 150 valence electrons. The van der Waals surface area contributed by atoms with Crippen molar-refractivity contribution in [3.05, 3.63) is 67.6 Å². The van der Waals surface area contributed by atoms with Gasteiger partial charge in [0.15, 0.2) is 4.96 Å². The van der Waals surface area contributed by atoms with Gasteiger partial charge in [0.05, 0.1) is 29.4 Å². The third-order valence-corrected chi connectivity index (χ3v) is 5.22. The Kier molecular flexibility index (Phi) is 5.23. The zero-order valence-corrected chi connectivity index (χ0v) is 16.0. The standard InChI is InChI=1S/C18H16N4O6S/c23-16-10-13(19-18-21(16)5-8-29-18)11-28-17(24)12-1-2-14(15(9-12)22(25)26)20-3-6-27-7-4-20/h1-2,5,8-10H,3-4,6-7,11H2. The molecule has 3 aromatic rings. The second-order valence-electron chi connectivity index (χ2n) is 6.28.